The molecule has 34 heavy (non-hydrogen) atoms. The van der Waals surface area contributed by atoms with E-state index < -0.39 is 17.6 Å². The summed E-state index contributed by atoms with van der Waals surface area (Å²) in [7, 11) is 0. The van der Waals surface area contributed by atoms with Gasteiger partial charge >= 0.3 is 0 Å². The molecule has 3 aromatic rings. The van der Waals surface area contributed by atoms with Gasteiger partial charge in [0.15, 0.2) is 0 Å². The van der Waals surface area contributed by atoms with Crippen LogP contribution < -0.4 is 5.32 Å². The molecule has 1 atom stereocenters. The van der Waals surface area contributed by atoms with Gasteiger partial charge in [-0.3, -0.25) is 19.3 Å². The third-order valence-electron chi connectivity index (χ3n) is 6.19. The number of hydrogen-bond acceptors (Lipinski definition) is 5. The quantitative estimate of drug-likeness (QED) is 0.569. The number of benzene rings is 2. The zero-order valence-corrected chi connectivity index (χ0v) is 18.6. The van der Waals surface area contributed by atoms with Gasteiger partial charge < -0.3 is 14.6 Å². The van der Waals surface area contributed by atoms with Crippen molar-refractivity contribution in [1.29, 1.82) is 0 Å². The second kappa shape index (κ2) is 8.83. The van der Waals surface area contributed by atoms with Crippen molar-refractivity contribution in [3.63, 3.8) is 0 Å². The van der Waals surface area contributed by atoms with E-state index in [0.717, 1.165) is 12.8 Å². The highest BCUT2D eigenvalue weighted by Crippen LogP contribution is 2.26. The van der Waals surface area contributed by atoms with Crippen molar-refractivity contribution in [2.24, 2.45) is 0 Å². The minimum Gasteiger partial charge on any atom is -0.376 e. The number of aromatic nitrogens is 2. The molecule has 1 fully saturated rings. The van der Waals surface area contributed by atoms with Crippen LogP contribution in [0.1, 0.15) is 55.3 Å². The summed E-state index contributed by atoms with van der Waals surface area (Å²) >= 11 is 0. The Morgan fingerprint density at radius 1 is 1.18 bits per heavy atom. The smallest absolute Gasteiger partial charge is 0.261 e. The Morgan fingerprint density at radius 3 is 2.71 bits per heavy atom. The summed E-state index contributed by atoms with van der Waals surface area (Å²) in [5, 5.41) is 2.74. The summed E-state index contributed by atoms with van der Waals surface area (Å²) in [5.74, 6) is -0.973. The van der Waals surface area contributed by atoms with E-state index in [2.05, 4.69) is 10.3 Å². The lowest BCUT2D eigenvalue weighted by Gasteiger charge is -2.17. The molecule has 3 heterocycles. The molecule has 2 aliphatic heterocycles. The fourth-order valence-corrected chi connectivity index (χ4v) is 4.36. The van der Waals surface area contributed by atoms with Crippen molar-refractivity contribution in [3.8, 4) is 5.69 Å². The van der Waals surface area contributed by atoms with E-state index in [0.29, 0.717) is 23.7 Å². The Hall–Kier alpha value is -3.85. The molecule has 0 radical (unpaired) electrons. The number of aryl methyl sites for hydroxylation is 1. The van der Waals surface area contributed by atoms with Crippen LogP contribution in [0.2, 0.25) is 0 Å². The zero-order chi connectivity index (χ0) is 23.8. The Kier molecular flexibility index (Phi) is 5.70. The third-order valence-corrected chi connectivity index (χ3v) is 6.19. The van der Waals surface area contributed by atoms with Crippen LogP contribution in [0, 0.1) is 12.7 Å². The van der Waals surface area contributed by atoms with E-state index >= 15 is 0 Å². The summed E-state index contributed by atoms with van der Waals surface area (Å²) in [4.78, 5) is 43.5. The van der Waals surface area contributed by atoms with Crippen molar-refractivity contribution in [1.82, 2.24) is 19.8 Å². The van der Waals surface area contributed by atoms with Gasteiger partial charge in [0.25, 0.3) is 17.7 Å². The molecular formula is C25H23FN4O4. The lowest BCUT2D eigenvalue weighted by molar-refractivity contribution is 0.0475. The van der Waals surface area contributed by atoms with E-state index in [9.17, 15) is 18.8 Å². The highest BCUT2D eigenvalue weighted by atomic mass is 19.1. The minimum atomic E-state index is -0.430. The molecule has 3 amide bonds. The van der Waals surface area contributed by atoms with Crippen LogP contribution in [0.15, 0.2) is 48.8 Å². The predicted molar refractivity (Wildman–Crippen MR) is 120 cm³/mol. The van der Waals surface area contributed by atoms with E-state index in [1.54, 1.807) is 36.0 Å². The predicted octanol–water partition coefficient (Wildman–Crippen LogP) is 3.02. The largest absolute Gasteiger partial charge is 0.376 e. The molecule has 9 heteroatoms. The highest BCUT2D eigenvalue weighted by molar-refractivity contribution is 6.22. The number of ether oxygens (including phenoxy) is 1. The summed E-state index contributed by atoms with van der Waals surface area (Å²) in [5.41, 5.74) is 1.71. The van der Waals surface area contributed by atoms with Crippen molar-refractivity contribution in [2.45, 2.75) is 32.4 Å². The standard InChI is InChI=1S/C25H23FN4O4/c1-15-27-8-9-29(15)22-7-4-16(11-21(22)26)13-28-23(31)17-5-6-19-20(12-17)25(33)30(24(19)32)14-18-3-2-10-34-18/h4-9,11-12,18H,2-3,10,13-14H2,1H3,(H,28,31). The van der Waals surface area contributed by atoms with Crippen LogP contribution in [0.3, 0.4) is 0 Å². The topological polar surface area (TPSA) is 93.5 Å². The second-order valence-corrected chi connectivity index (χ2v) is 8.43. The number of halogens is 1. The number of carbonyl (C=O) groups excluding carboxylic acids is 3. The van der Waals surface area contributed by atoms with Gasteiger partial charge in [-0.15, -0.1) is 0 Å². The molecule has 8 nitrogen and oxygen atoms in total. The fourth-order valence-electron chi connectivity index (χ4n) is 4.36. The van der Waals surface area contributed by atoms with Gasteiger partial charge in [-0.2, -0.15) is 0 Å². The molecule has 1 unspecified atom stereocenters. The highest BCUT2D eigenvalue weighted by Gasteiger charge is 2.37. The van der Waals surface area contributed by atoms with Crippen molar-refractivity contribution in [2.75, 3.05) is 13.2 Å². The number of fused-ring (bicyclic) bond motifs is 1. The third kappa shape index (κ3) is 3.99. The second-order valence-electron chi connectivity index (χ2n) is 8.43. The van der Waals surface area contributed by atoms with Crippen LogP contribution in [0.5, 0.6) is 0 Å². The first-order valence-electron chi connectivity index (χ1n) is 11.1. The van der Waals surface area contributed by atoms with Crippen molar-refractivity contribution >= 4 is 17.7 Å². The average Bonchev–Trinajstić information content (AvgIpc) is 3.56. The molecule has 5 rings (SSSR count). The van der Waals surface area contributed by atoms with Gasteiger partial charge in [0.05, 0.1) is 29.5 Å². The van der Waals surface area contributed by atoms with Crippen LogP contribution in [-0.2, 0) is 11.3 Å². The van der Waals surface area contributed by atoms with E-state index in [4.69, 9.17) is 4.74 Å². The maximum absolute atomic E-state index is 14.6. The first-order chi connectivity index (χ1) is 16.4. The summed E-state index contributed by atoms with van der Waals surface area (Å²) < 4.78 is 21.8. The molecule has 0 saturated carbocycles. The lowest BCUT2D eigenvalue weighted by atomic mass is 10.1. The summed E-state index contributed by atoms with van der Waals surface area (Å²) in [6.45, 7) is 2.74. The SMILES string of the molecule is Cc1nccn1-c1ccc(CNC(=O)c2ccc3c(c2)C(=O)N(CC2CCCO2)C3=O)cc1F. The number of amides is 3. The molecule has 2 aliphatic rings. The molecular weight excluding hydrogens is 439 g/mol. The van der Waals surface area contributed by atoms with Crippen molar-refractivity contribution < 1.29 is 23.5 Å². The number of hydrogen-bond donors (Lipinski definition) is 1. The number of rotatable bonds is 6. The van der Waals surface area contributed by atoms with Crippen LogP contribution in [-0.4, -0.2) is 51.4 Å². The molecule has 1 aromatic heterocycles. The van der Waals surface area contributed by atoms with Crippen LogP contribution in [0.25, 0.3) is 5.69 Å². The Morgan fingerprint density at radius 2 is 2.00 bits per heavy atom. The molecule has 0 bridgehead atoms. The van der Waals surface area contributed by atoms with Gasteiger partial charge in [-0.1, -0.05) is 6.07 Å². The molecule has 0 spiro atoms. The van der Waals surface area contributed by atoms with E-state index in [1.807, 2.05) is 0 Å². The van der Waals surface area contributed by atoms with Gasteiger partial charge in [0.1, 0.15) is 11.6 Å². The van der Waals surface area contributed by atoms with Crippen LogP contribution >= 0.6 is 0 Å². The number of imide groups is 1. The normalized spacial score (nSPS) is 17.4. The maximum Gasteiger partial charge on any atom is 0.261 e. The van der Waals surface area contributed by atoms with E-state index in [1.165, 1.54) is 29.2 Å². The maximum atomic E-state index is 14.6. The molecule has 174 valence electrons. The Bertz CT molecular complexity index is 1300. The monoisotopic (exact) mass is 462 g/mol. The number of imidazole rings is 1. The molecule has 1 N–H and O–H groups in total. The summed E-state index contributed by atoms with van der Waals surface area (Å²) in [6, 6.07) is 9.18. The average molecular weight is 462 g/mol. The van der Waals surface area contributed by atoms with Crippen molar-refractivity contribution in [3.05, 3.63) is 82.7 Å². The molecule has 2 aromatic carbocycles. The van der Waals surface area contributed by atoms with Gasteiger partial charge in [0.2, 0.25) is 0 Å². The zero-order valence-electron chi connectivity index (χ0n) is 18.6. The Labute approximate surface area is 195 Å². The van der Waals surface area contributed by atoms with Gasteiger partial charge in [-0.25, -0.2) is 9.37 Å². The van der Waals surface area contributed by atoms with Crippen LogP contribution in [0.4, 0.5) is 4.39 Å². The number of carbonyl (C=O) groups is 3. The lowest BCUT2D eigenvalue weighted by Crippen LogP contribution is -2.36. The van der Waals surface area contributed by atoms with Gasteiger partial charge in [-0.05, 0) is 55.7 Å². The van der Waals surface area contributed by atoms with Gasteiger partial charge in [0, 0.05) is 31.1 Å². The molecule has 1 saturated heterocycles. The summed E-state index contributed by atoms with van der Waals surface area (Å²) in [6.07, 6.45) is 4.85. The first-order valence-corrected chi connectivity index (χ1v) is 11.1. The first kappa shape index (κ1) is 22.0. The fraction of sp³-hybridized carbons (Fsp3) is 0.280. The molecule has 0 aliphatic carbocycles. The number of nitrogens with one attached hydrogen (secondary N) is 1. The minimum absolute atomic E-state index is 0.105. The Balaban J connectivity index is 1.26. The van der Waals surface area contributed by atoms with E-state index in [-0.39, 0.29) is 41.8 Å². The number of nitrogens with zero attached hydrogens (tertiary/aromatic N) is 3.